The number of likely N-dealkylation sites (tertiary alicyclic amines) is 1. The van der Waals surface area contributed by atoms with Gasteiger partial charge in [-0.1, -0.05) is 35.9 Å². The molecule has 1 fully saturated rings. The number of aryl methyl sites for hydroxylation is 1. The average Bonchev–Trinajstić information content (AvgIpc) is 3.50. The number of aromatic nitrogens is 3. The molecule has 1 amide bonds. The van der Waals surface area contributed by atoms with Crippen LogP contribution >= 0.6 is 11.6 Å². The topological polar surface area (TPSA) is 90.2 Å². The van der Waals surface area contributed by atoms with Crippen molar-refractivity contribution in [3.05, 3.63) is 65.6 Å². The number of benzene rings is 2. The lowest BCUT2D eigenvalue weighted by Gasteiger charge is -2.15. The number of oxazole rings is 1. The van der Waals surface area contributed by atoms with Crippen LogP contribution in [0.15, 0.2) is 59.3 Å². The number of nitrogens with zero attached hydrogens (tertiary/aromatic N) is 4. The van der Waals surface area contributed by atoms with E-state index in [2.05, 4.69) is 4.98 Å². The van der Waals surface area contributed by atoms with Crippen LogP contribution in [0.4, 0.5) is 0 Å². The summed E-state index contributed by atoms with van der Waals surface area (Å²) in [5, 5.41) is 0.648. The zero-order valence-electron chi connectivity index (χ0n) is 16.9. The van der Waals surface area contributed by atoms with E-state index in [0.717, 1.165) is 23.0 Å². The summed E-state index contributed by atoms with van der Waals surface area (Å²) in [5.74, 6) is 0.744. The summed E-state index contributed by atoms with van der Waals surface area (Å²) in [6.07, 6.45) is 3.33. The first kappa shape index (κ1) is 19.8. The second-order valence-electron chi connectivity index (χ2n) is 7.77. The number of amides is 1. The Bertz CT molecular complexity index is 1230. The van der Waals surface area contributed by atoms with Crippen LogP contribution in [0.25, 0.3) is 28.3 Å². The summed E-state index contributed by atoms with van der Waals surface area (Å²) >= 11 is 6.06. The Kier molecular flexibility index (Phi) is 5.21. The second kappa shape index (κ2) is 8.17. The van der Waals surface area contributed by atoms with E-state index in [1.807, 2.05) is 58.0 Å². The first-order valence-electron chi connectivity index (χ1n) is 10.3. The Hall–Kier alpha value is -3.16. The van der Waals surface area contributed by atoms with E-state index in [0.29, 0.717) is 48.4 Å². The highest BCUT2D eigenvalue weighted by atomic mass is 35.5. The Morgan fingerprint density at radius 2 is 2.00 bits per heavy atom. The molecule has 0 saturated carbocycles. The number of para-hydroxylation sites is 2. The van der Waals surface area contributed by atoms with Crippen molar-refractivity contribution in [1.82, 2.24) is 19.4 Å². The van der Waals surface area contributed by atoms with E-state index in [1.54, 1.807) is 6.33 Å². The number of hydrogen-bond donors (Lipinski definition) is 1. The number of carbonyl (C=O) groups excluding carboxylic acids is 1. The summed E-state index contributed by atoms with van der Waals surface area (Å²) in [6.45, 7) is 1.33. The first-order valence-corrected chi connectivity index (χ1v) is 10.7. The number of imidazole rings is 1. The molecule has 4 aromatic rings. The monoisotopic (exact) mass is 435 g/mol. The van der Waals surface area contributed by atoms with Gasteiger partial charge >= 0.3 is 6.01 Å². The van der Waals surface area contributed by atoms with Crippen LogP contribution in [0.5, 0.6) is 0 Å². The van der Waals surface area contributed by atoms with Crippen LogP contribution in [0.2, 0.25) is 5.02 Å². The zero-order valence-corrected chi connectivity index (χ0v) is 17.6. The van der Waals surface area contributed by atoms with Crippen LogP contribution in [0.3, 0.4) is 0 Å². The van der Waals surface area contributed by atoms with E-state index < -0.39 is 0 Å². The van der Waals surface area contributed by atoms with Gasteiger partial charge in [0.1, 0.15) is 17.8 Å². The molecule has 0 unspecified atom stereocenters. The number of halogens is 1. The van der Waals surface area contributed by atoms with Crippen LogP contribution in [-0.4, -0.2) is 44.5 Å². The number of nitrogens with two attached hydrogens (primary N) is 1. The standard InChI is InChI=1S/C23H22ClN5O2/c24-16-7-5-15(6-8-16)22-20(9-10-21(30)28-12-11-17(25)13-28)31-23(27-22)29-14-26-18-3-1-2-4-19(18)29/h1-8,14,17H,9-13,25H2/t17-/m0/s1. The smallest absolute Gasteiger partial charge is 0.308 e. The largest absolute Gasteiger partial charge is 0.427 e. The van der Waals surface area contributed by atoms with Crippen molar-refractivity contribution in [1.29, 1.82) is 0 Å². The van der Waals surface area contributed by atoms with Gasteiger partial charge in [-0.2, -0.15) is 4.98 Å². The Balaban J connectivity index is 1.48. The molecule has 2 aromatic heterocycles. The quantitative estimate of drug-likeness (QED) is 0.514. The molecule has 0 radical (unpaired) electrons. The van der Waals surface area contributed by atoms with E-state index in [4.69, 9.17) is 26.7 Å². The third kappa shape index (κ3) is 3.94. The van der Waals surface area contributed by atoms with E-state index in [1.165, 1.54) is 0 Å². The summed E-state index contributed by atoms with van der Waals surface area (Å²) in [5.41, 5.74) is 9.29. The van der Waals surface area contributed by atoms with Gasteiger partial charge in [-0.25, -0.2) is 4.98 Å². The normalized spacial score (nSPS) is 16.3. The minimum atomic E-state index is 0.0694. The van der Waals surface area contributed by atoms with Crippen molar-refractivity contribution in [2.45, 2.75) is 25.3 Å². The Labute approximate surface area is 184 Å². The fraction of sp³-hybridized carbons (Fsp3) is 0.261. The number of hydrogen-bond acceptors (Lipinski definition) is 5. The predicted octanol–water partition coefficient (Wildman–Crippen LogP) is 3.83. The molecule has 5 rings (SSSR count). The molecule has 1 atom stereocenters. The minimum absolute atomic E-state index is 0.0694. The Morgan fingerprint density at radius 3 is 2.77 bits per heavy atom. The Morgan fingerprint density at radius 1 is 1.19 bits per heavy atom. The minimum Gasteiger partial charge on any atom is -0.427 e. The summed E-state index contributed by atoms with van der Waals surface area (Å²) in [7, 11) is 0. The van der Waals surface area contributed by atoms with Crippen molar-refractivity contribution in [2.75, 3.05) is 13.1 Å². The molecule has 3 heterocycles. The number of fused-ring (bicyclic) bond motifs is 1. The first-order chi connectivity index (χ1) is 15.1. The van der Waals surface area contributed by atoms with Crippen LogP contribution in [0, 0.1) is 0 Å². The molecular formula is C23H22ClN5O2. The van der Waals surface area contributed by atoms with Crippen LogP contribution in [-0.2, 0) is 11.2 Å². The van der Waals surface area contributed by atoms with Crippen molar-refractivity contribution < 1.29 is 9.21 Å². The molecule has 2 N–H and O–H groups in total. The maximum Gasteiger partial charge on any atom is 0.308 e. The SMILES string of the molecule is N[C@H]1CCN(C(=O)CCc2oc(-n3cnc4ccccc43)nc2-c2ccc(Cl)cc2)C1. The van der Waals surface area contributed by atoms with E-state index >= 15 is 0 Å². The molecular weight excluding hydrogens is 414 g/mol. The van der Waals surface area contributed by atoms with Crippen LogP contribution < -0.4 is 5.73 Å². The fourth-order valence-electron chi connectivity index (χ4n) is 3.95. The van der Waals surface area contributed by atoms with Gasteiger partial charge in [-0.05, 0) is 30.7 Å². The predicted molar refractivity (Wildman–Crippen MR) is 119 cm³/mol. The highest BCUT2D eigenvalue weighted by Crippen LogP contribution is 2.29. The van der Waals surface area contributed by atoms with Crippen LogP contribution in [0.1, 0.15) is 18.6 Å². The lowest BCUT2D eigenvalue weighted by molar-refractivity contribution is -0.130. The lowest BCUT2D eigenvalue weighted by atomic mass is 10.1. The molecule has 31 heavy (non-hydrogen) atoms. The van der Waals surface area contributed by atoms with Gasteiger partial charge in [0.25, 0.3) is 0 Å². The zero-order chi connectivity index (χ0) is 21.4. The molecule has 0 bridgehead atoms. The molecule has 1 aliphatic rings. The van der Waals surface area contributed by atoms with Gasteiger partial charge in [0, 0.05) is 42.6 Å². The van der Waals surface area contributed by atoms with Crippen molar-refractivity contribution in [2.24, 2.45) is 5.73 Å². The van der Waals surface area contributed by atoms with E-state index in [9.17, 15) is 4.79 Å². The van der Waals surface area contributed by atoms with Crippen molar-refractivity contribution >= 4 is 28.5 Å². The summed E-state index contributed by atoms with van der Waals surface area (Å²) in [4.78, 5) is 23.7. The third-order valence-electron chi connectivity index (χ3n) is 5.61. The van der Waals surface area contributed by atoms with Crippen molar-refractivity contribution in [3.63, 3.8) is 0 Å². The summed E-state index contributed by atoms with van der Waals surface area (Å²) in [6, 6.07) is 15.7. The lowest BCUT2D eigenvalue weighted by Crippen LogP contribution is -2.31. The molecule has 7 nitrogen and oxygen atoms in total. The molecule has 158 valence electrons. The highest BCUT2D eigenvalue weighted by molar-refractivity contribution is 6.30. The molecule has 2 aromatic carbocycles. The molecule has 8 heteroatoms. The fourth-order valence-corrected chi connectivity index (χ4v) is 4.08. The highest BCUT2D eigenvalue weighted by Gasteiger charge is 2.25. The number of rotatable bonds is 5. The molecule has 0 aliphatic carbocycles. The van der Waals surface area contributed by atoms with Gasteiger partial charge in [0.05, 0.1) is 11.0 Å². The molecule has 0 spiro atoms. The second-order valence-corrected chi connectivity index (χ2v) is 8.20. The molecule has 1 saturated heterocycles. The van der Waals surface area contributed by atoms with Gasteiger partial charge in [-0.15, -0.1) is 0 Å². The van der Waals surface area contributed by atoms with Gasteiger partial charge in [0.15, 0.2) is 0 Å². The maximum atomic E-state index is 12.6. The summed E-state index contributed by atoms with van der Waals surface area (Å²) < 4.78 is 7.99. The van der Waals surface area contributed by atoms with Gasteiger partial charge in [0.2, 0.25) is 5.91 Å². The van der Waals surface area contributed by atoms with Gasteiger partial charge < -0.3 is 15.1 Å². The van der Waals surface area contributed by atoms with E-state index in [-0.39, 0.29) is 11.9 Å². The average molecular weight is 436 g/mol. The molecule has 1 aliphatic heterocycles. The maximum absolute atomic E-state index is 12.6. The third-order valence-corrected chi connectivity index (χ3v) is 5.86. The van der Waals surface area contributed by atoms with Gasteiger partial charge in [-0.3, -0.25) is 9.36 Å². The number of carbonyl (C=O) groups is 1. The van der Waals surface area contributed by atoms with Crippen molar-refractivity contribution in [3.8, 4) is 17.3 Å².